The Bertz CT molecular complexity index is 1700. The lowest BCUT2D eigenvalue weighted by Gasteiger charge is -2.29. The van der Waals surface area contributed by atoms with Gasteiger partial charge in [-0.3, -0.25) is 4.79 Å². The van der Waals surface area contributed by atoms with Crippen LogP contribution in [0.25, 0.3) is 0 Å². The molecule has 4 aromatic rings. The summed E-state index contributed by atoms with van der Waals surface area (Å²) in [6.07, 6.45) is 0.999. The molecule has 8 nitrogen and oxygen atoms in total. The average molecular weight is 742 g/mol. The van der Waals surface area contributed by atoms with E-state index in [1.165, 1.54) is 0 Å². The summed E-state index contributed by atoms with van der Waals surface area (Å²) in [5, 5.41) is 12.0. The van der Waals surface area contributed by atoms with Crippen molar-refractivity contribution in [3.8, 4) is 11.5 Å². The van der Waals surface area contributed by atoms with Crippen LogP contribution in [0.15, 0.2) is 80.0 Å². The number of anilines is 2. The molecule has 1 aliphatic heterocycles. The Morgan fingerprint density at radius 2 is 1.84 bits per heavy atom. The summed E-state index contributed by atoms with van der Waals surface area (Å²) in [4.78, 5) is 18.9. The Morgan fingerprint density at radius 3 is 2.57 bits per heavy atom. The number of allylic oxidation sites excluding steroid dienone is 1. The van der Waals surface area contributed by atoms with Gasteiger partial charge < -0.3 is 20.1 Å². The summed E-state index contributed by atoms with van der Waals surface area (Å²) < 4.78 is 15.9. The van der Waals surface area contributed by atoms with Gasteiger partial charge in [-0.2, -0.15) is 4.98 Å². The summed E-state index contributed by atoms with van der Waals surface area (Å²) in [7, 11) is 0. The van der Waals surface area contributed by atoms with Crippen molar-refractivity contribution in [2.24, 2.45) is 0 Å². The Balaban J connectivity index is 1.57. The van der Waals surface area contributed by atoms with Crippen LogP contribution in [0, 0.1) is 13.8 Å². The summed E-state index contributed by atoms with van der Waals surface area (Å²) >= 11 is 8.82. The first kappa shape index (κ1) is 32.1. The maximum absolute atomic E-state index is 14.1. The van der Waals surface area contributed by atoms with Crippen LogP contribution in [0.5, 0.6) is 11.5 Å². The van der Waals surface area contributed by atoms with E-state index < -0.39 is 6.04 Å². The van der Waals surface area contributed by atoms with Crippen molar-refractivity contribution >= 4 is 61.2 Å². The molecule has 0 aliphatic carbocycles. The number of nitrogens with one attached hydrogen (secondary N) is 2. The highest BCUT2D eigenvalue weighted by molar-refractivity contribution is 9.10. The number of carbonyl (C=O) groups excluding carboxylic acids is 1. The van der Waals surface area contributed by atoms with E-state index in [2.05, 4.69) is 49.4 Å². The molecule has 5 rings (SSSR count). The maximum Gasteiger partial charge on any atom is 0.255 e. The topological polar surface area (TPSA) is 90.3 Å². The van der Waals surface area contributed by atoms with E-state index in [0.29, 0.717) is 51.6 Å². The third-order valence-electron chi connectivity index (χ3n) is 7.31. The van der Waals surface area contributed by atoms with Crippen molar-refractivity contribution < 1.29 is 14.3 Å². The van der Waals surface area contributed by atoms with E-state index in [1.54, 1.807) is 16.4 Å². The highest BCUT2D eigenvalue weighted by Crippen LogP contribution is 2.44. The third kappa shape index (κ3) is 7.00. The number of nitrogens with zero attached hydrogens (tertiary/aromatic N) is 3. The molecule has 3 aromatic carbocycles. The number of benzene rings is 3. The fourth-order valence-corrected chi connectivity index (χ4v) is 6.47. The minimum absolute atomic E-state index is 0.220. The van der Waals surface area contributed by atoms with E-state index in [1.807, 2.05) is 82.3 Å². The van der Waals surface area contributed by atoms with Crippen LogP contribution in [-0.2, 0) is 11.4 Å². The Hall–Kier alpha value is -3.28. The molecule has 2 heterocycles. The minimum atomic E-state index is -0.573. The van der Waals surface area contributed by atoms with Gasteiger partial charge in [-0.05, 0) is 103 Å². The number of fused-ring (bicyclic) bond motifs is 1. The summed E-state index contributed by atoms with van der Waals surface area (Å²) in [6.45, 7) is 10.8. The van der Waals surface area contributed by atoms with Crippen LogP contribution in [0.3, 0.4) is 0 Å². The van der Waals surface area contributed by atoms with Crippen molar-refractivity contribution in [1.82, 2.24) is 14.8 Å². The Morgan fingerprint density at radius 1 is 1.07 bits per heavy atom. The number of hydrogen-bond acceptors (Lipinski definition) is 7. The molecular formula is C33H35Br2N5O3S. The summed E-state index contributed by atoms with van der Waals surface area (Å²) in [5.41, 5.74) is 5.97. The van der Waals surface area contributed by atoms with Crippen LogP contribution in [0.4, 0.5) is 11.6 Å². The third-order valence-corrected chi connectivity index (χ3v) is 9.47. The number of hydrogen-bond donors (Lipinski definition) is 2. The number of aryl methyl sites for hydroxylation is 1. The summed E-state index contributed by atoms with van der Waals surface area (Å²) in [6, 6.07) is 17.2. The lowest BCUT2D eigenvalue weighted by Crippen LogP contribution is -2.31. The fraction of sp³-hybridized carbons (Fsp3) is 0.303. The van der Waals surface area contributed by atoms with Crippen molar-refractivity contribution in [3.05, 3.63) is 97.1 Å². The van der Waals surface area contributed by atoms with Crippen molar-refractivity contribution in [3.63, 3.8) is 0 Å². The number of halogens is 2. The largest absolute Gasteiger partial charge is 0.490 e. The SMILES string of the molecule is CCCSc1nc2n(n1)C(c1cc(Br)c(OCc3ccc(Br)cc3)c(OCC)c1)C(C(=O)Nc1cccc(C)c1C)=C(C)N2. The molecular weight excluding hydrogens is 706 g/mol. The van der Waals surface area contributed by atoms with E-state index in [4.69, 9.17) is 19.6 Å². The molecule has 0 radical (unpaired) electrons. The minimum Gasteiger partial charge on any atom is -0.490 e. The second-order valence-electron chi connectivity index (χ2n) is 10.5. The Kier molecular flexibility index (Phi) is 10.4. The van der Waals surface area contributed by atoms with Gasteiger partial charge >= 0.3 is 0 Å². The molecule has 0 spiro atoms. The standard InChI is InChI=1S/C33H35Br2N5O3S/c1-6-15-44-33-38-32-36-21(5)28(31(41)37-26-10-8-9-19(3)20(26)4)29(40(32)39-33)23-16-25(35)30(27(17-23)42-7-2)43-18-22-11-13-24(34)14-12-22/h8-14,16-17,29H,6-7,15,18H2,1-5H3,(H,37,41)(H,36,38,39). The molecule has 0 fully saturated rings. The zero-order valence-corrected chi connectivity index (χ0v) is 29.3. The van der Waals surface area contributed by atoms with Crippen LogP contribution in [0.2, 0.25) is 0 Å². The molecule has 2 N–H and O–H groups in total. The van der Waals surface area contributed by atoms with Gasteiger partial charge in [0.2, 0.25) is 11.1 Å². The number of carbonyl (C=O) groups is 1. The van der Waals surface area contributed by atoms with Crippen LogP contribution >= 0.6 is 43.6 Å². The zero-order valence-electron chi connectivity index (χ0n) is 25.3. The lowest BCUT2D eigenvalue weighted by atomic mass is 9.94. The summed E-state index contributed by atoms with van der Waals surface area (Å²) in [5.74, 6) is 2.42. The van der Waals surface area contributed by atoms with Crippen molar-refractivity contribution in [2.45, 2.75) is 58.8 Å². The van der Waals surface area contributed by atoms with Gasteiger partial charge in [-0.1, -0.05) is 58.9 Å². The van der Waals surface area contributed by atoms with E-state index in [9.17, 15) is 4.79 Å². The van der Waals surface area contributed by atoms with Crippen molar-refractivity contribution in [1.29, 1.82) is 0 Å². The second kappa shape index (κ2) is 14.2. The molecule has 1 amide bonds. The molecule has 1 atom stereocenters. The molecule has 1 unspecified atom stereocenters. The molecule has 230 valence electrons. The number of amides is 1. The van der Waals surface area contributed by atoms with Gasteiger partial charge in [0.05, 0.1) is 16.7 Å². The van der Waals surface area contributed by atoms with Gasteiger partial charge in [0.25, 0.3) is 5.91 Å². The number of aromatic nitrogens is 3. The van der Waals surface area contributed by atoms with Gasteiger partial charge in [-0.25, -0.2) is 4.68 Å². The first-order chi connectivity index (χ1) is 21.2. The second-order valence-corrected chi connectivity index (χ2v) is 13.3. The molecule has 44 heavy (non-hydrogen) atoms. The van der Waals surface area contributed by atoms with Crippen molar-refractivity contribution in [2.75, 3.05) is 23.0 Å². The maximum atomic E-state index is 14.1. The van der Waals surface area contributed by atoms with Gasteiger partial charge in [0.15, 0.2) is 11.5 Å². The fourth-order valence-electron chi connectivity index (χ4n) is 4.95. The zero-order chi connectivity index (χ0) is 31.4. The number of thioether (sulfide) groups is 1. The average Bonchev–Trinajstić information content (AvgIpc) is 3.40. The van der Waals surface area contributed by atoms with Crippen LogP contribution < -0.4 is 20.1 Å². The van der Waals surface area contributed by atoms with Gasteiger partial charge in [-0.15, -0.1) is 5.10 Å². The van der Waals surface area contributed by atoms with E-state index >= 15 is 0 Å². The van der Waals surface area contributed by atoms with Gasteiger partial charge in [0.1, 0.15) is 12.6 Å². The monoisotopic (exact) mass is 739 g/mol. The highest BCUT2D eigenvalue weighted by atomic mass is 79.9. The van der Waals surface area contributed by atoms with E-state index in [0.717, 1.165) is 44.6 Å². The Labute approximate surface area is 279 Å². The smallest absolute Gasteiger partial charge is 0.255 e. The van der Waals surface area contributed by atoms with Gasteiger partial charge in [0, 0.05) is 21.6 Å². The molecule has 0 saturated carbocycles. The molecule has 11 heteroatoms. The highest BCUT2D eigenvalue weighted by Gasteiger charge is 2.35. The van der Waals surface area contributed by atoms with E-state index in [-0.39, 0.29) is 5.91 Å². The first-order valence-electron chi connectivity index (χ1n) is 14.5. The first-order valence-corrected chi connectivity index (χ1v) is 17.0. The number of ether oxygens (including phenoxy) is 2. The number of rotatable bonds is 11. The van der Waals surface area contributed by atoms with Crippen LogP contribution in [-0.4, -0.2) is 33.0 Å². The molecule has 0 bridgehead atoms. The lowest BCUT2D eigenvalue weighted by molar-refractivity contribution is -0.113. The van der Waals surface area contributed by atoms with Crippen LogP contribution in [0.1, 0.15) is 55.5 Å². The quantitative estimate of drug-likeness (QED) is 0.149. The molecule has 1 aliphatic rings. The predicted molar refractivity (Wildman–Crippen MR) is 184 cm³/mol. The molecule has 0 saturated heterocycles. The normalized spacial score (nSPS) is 14.2. The molecule has 1 aromatic heterocycles. The predicted octanol–water partition coefficient (Wildman–Crippen LogP) is 8.83.